The lowest BCUT2D eigenvalue weighted by atomic mass is 10.2. The van der Waals surface area contributed by atoms with Crippen LogP contribution in [0, 0.1) is 0 Å². The van der Waals surface area contributed by atoms with E-state index >= 15 is 0 Å². The summed E-state index contributed by atoms with van der Waals surface area (Å²) < 4.78 is 7.57. The number of carbonyl (C=O) groups is 1. The molecule has 5 aromatic rings. The number of halogens is 2. The fraction of sp³-hybridized carbons (Fsp3) is 0.0870. The molecule has 0 saturated carbocycles. The molecule has 1 amide bonds. The van der Waals surface area contributed by atoms with Crippen molar-refractivity contribution < 1.29 is 9.53 Å². The molecular weight excluding hydrogens is 477 g/mol. The van der Waals surface area contributed by atoms with Crippen LogP contribution in [0.3, 0.4) is 0 Å². The molecule has 0 aliphatic carbocycles. The Hall–Kier alpha value is -3.95. The molecule has 0 spiro atoms. The van der Waals surface area contributed by atoms with Crippen molar-refractivity contribution in [2.24, 2.45) is 0 Å². The van der Waals surface area contributed by atoms with Crippen LogP contribution in [0.1, 0.15) is 21.6 Å². The van der Waals surface area contributed by atoms with Gasteiger partial charge in [0.25, 0.3) is 5.91 Å². The third-order valence-corrected chi connectivity index (χ3v) is 5.69. The van der Waals surface area contributed by atoms with Crippen molar-refractivity contribution >= 4 is 45.7 Å². The van der Waals surface area contributed by atoms with Crippen molar-refractivity contribution in [3.8, 4) is 5.75 Å². The molecule has 1 aromatic carbocycles. The molecule has 2 N–H and O–H groups in total. The van der Waals surface area contributed by atoms with Crippen LogP contribution < -0.4 is 10.1 Å². The number of nitrogens with one attached hydrogen (secondary N) is 2. The van der Waals surface area contributed by atoms with E-state index < -0.39 is 0 Å². The number of ether oxygens (including phenoxy) is 1. The first-order valence-corrected chi connectivity index (χ1v) is 10.9. The molecule has 0 bridgehead atoms. The maximum atomic E-state index is 12.9. The van der Waals surface area contributed by atoms with Crippen LogP contribution in [0.4, 0.5) is 5.69 Å². The number of aromatic amines is 1. The number of rotatable bonds is 7. The standard InChI is InChI=1S/C23H17Cl2N7O2/c24-19-9-27-10-20(25)18(19)13-34-16-3-4-21-17(6-16)22(31-30-21)23(33)29-15-8-28-32(12-15)11-14-2-1-5-26-7-14/h1-10,12H,11,13H2,(H,29,33)(H,30,31). The maximum Gasteiger partial charge on any atom is 0.276 e. The number of pyridine rings is 2. The second kappa shape index (κ2) is 9.50. The average Bonchev–Trinajstić information content (AvgIpc) is 3.46. The van der Waals surface area contributed by atoms with Gasteiger partial charge in [0.15, 0.2) is 5.69 Å². The second-order valence-electron chi connectivity index (χ2n) is 7.39. The molecule has 0 saturated heterocycles. The summed E-state index contributed by atoms with van der Waals surface area (Å²) in [5, 5.41) is 15.6. The zero-order valence-electron chi connectivity index (χ0n) is 17.6. The normalized spacial score (nSPS) is 11.0. The van der Waals surface area contributed by atoms with Crippen molar-refractivity contribution in [3.63, 3.8) is 0 Å². The lowest BCUT2D eigenvalue weighted by Gasteiger charge is -2.09. The number of H-pyrrole nitrogens is 1. The monoisotopic (exact) mass is 493 g/mol. The molecular formula is C23H17Cl2N7O2. The summed E-state index contributed by atoms with van der Waals surface area (Å²) in [6, 6.07) is 9.12. The summed E-state index contributed by atoms with van der Waals surface area (Å²) >= 11 is 12.3. The summed E-state index contributed by atoms with van der Waals surface area (Å²) in [5.41, 5.74) is 3.13. The van der Waals surface area contributed by atoms with E-state index in [1.54, 1.807) is 47.7 Å². The Bertz CT molecular complexity index is 1450. The van der Waals surface area contributed by atoms with Crippen LogP contribution in [0.2, 0.25) is 10.0 Å². The zero-order valence-corrected chi connectivity index (χ0v) is 19.1. The summed E-state index contributed by atoms with van der Waals surface area (Å²) in [5.74, 6) is 0.167. The number of carbonyl (C=O) groups excluding carboxylic acids is 1. The molecule has 0 atom stereocenters. The van der Waals surface area contributed by atoms with Gasteiger partial charge >= 0.3 is 0 Å². The number of amides is 1. The Morgan fingerprint density at radius 3 is 2.74 bits per heavy atom. The minimum Gasteiger partial charge on any atom is -0.489 e. The average molecular weight is 494 g/mol. The van der Waals surface area contributed by atoms with Gasteiger partial charge in [0.2, 0.25) is 0 Å². The fourth-order valence-corrected chi connectivity index (χ4v) is 3.84. The van der Waals surface area contributed by atoms with Crippen LogP contribution in [0.5, 0.6) is 5.75 Å². The topological polar surface area (TPSA) is 111 Å². The minimum absolute atomic E-state index is 0.154. The van der Waals surface area contributed by atoms with Crippen molar-refractivity contribution in [1.82, 2.24) is 29.9 Å². The van der Waals surface area contributed by atoms with Crippen LogP contribution in [0.15, 0.2) is 67.5 Å². The molecule has 4 aromatic heterocycles. The van der Waals surface area contributed by atoms with E-state index in [-0.39, 0.29) is 18.2 Å². The van der Waals surface area contributed by atoms with E-state index in [0.717, 1.165) is 5.56 Å². The summed E-state index contributed by atoms with van der Waals surface area (Å²) in [6.45, 7) is 0.697. The SMILES string of the molecule is O=C(Nc1cnn(Cc2cccnc2)c1)c1n[nH]c2ccc(OCc3c(Cl)cncc3Cl)cc12. The Labute approximate surface area is 203 Å². The Kier molecular flexibility index (Phi) is 6.11. The summed E-state index contributed by atoms with van der Waals surface area (Å²) in [7, 11) is 0. The van der Waals surface area contributed by atoms with Gasteiger partial charge in [-0.15, -0.1) is 0 Å². The highest BCUT2D eigenvalue weighted by molar-refractivity contribution is 6.35. The van der Waals surface area contributed by atoms with Crippen molar-refractivity contribution in [2.75, 3.05) is 5.32 Å². The smallest absolute Gasteiger partial charge is 0.276 e. The minimum atomic E-state index is -0.371. The van der Waals surface area contributed by atoms with E-state index in [2.05, 4.69) is 30.6 Å². The summed E-state index contributed by atoms with van der Waals surface area (Å²) in [6.07, 6.45) is 9.83. The van der Waals surface area contributed by atoms with Crippen molar-refractivity contribution in [2.45, 2.75) is 13.2 Å². The lowest BCUT2D eigenvalue weighted by Crippen LogP contribution is -2.12. The van der Waals surface area contributed by atoms with Gasteiger partial charge in [0.05, 0.1) is 34.0 Å². The van der Waals surface area contributed by atoms with E-state index in [9.17, 15) is 4.79 Å². The quantitative estimate of drug-likeness (QED) is 0.338. The maximum absolute atomic E-state index is 12.9. The summed E-state index contributed by atoms with van der Waals surface area (Å²) in [4.78, 5) is 20.9. The van der Waals surface area contributed by atoms with Gasteiger partial charge in [-0.25, -0.2) is 0 Å². The van der Waals surface area contributed by atoms with Crippen LogP contribution in [0.25, 0.3) is 10.9 Å². The number of anilines is 1. The van der Waals surface area contributed by atoms with E-state index in [1.807, 2.05) is 12.1 Å². The largest absolute Gasteiger partial charge is 0.489 e. The van der Waals surface area contributed by atoms with Crippen LogP contribution >= 0.6 is 23.2 Å². The zero-order chi connectivity index (χ0) is 23.5. The number of aromatic nitrogens is 6. The fourth-order valence-electron chi connectivity index (χ4n) is 3.37. The molecule has 0 aliphatic rings. The van der Waals surface area contributed by atoms with E-state index in [1.165, 1.54) is 12.4 Å². The molecule has 0 unspecified atom stereocenters. The van der Waals surface area contributed by atoms with Gasteiger partial charge in [-0.05, 0) is 29.8 Å². The highest BCUT2D eigenvalue weighted by atomic mass is 35.5. The predicted octanol–water partition coefficient (Wildman–Crippen LogP) is 4.74. The number of nitrogens with zero attached hydrogens (tertiary/aromatic N) is 5. The predicted molar refractivity (Wildman–Crippen MR) is 128 cm³/mol. The molecule has 0 aliphatic heterocycles. The highest BCUT2D eigenvalue weighted by Crippen LogP contribution is 2.27. The molecule has 0 fully saturated rings. The third kappa shape index (κ3) is 4.70. The first-order chi connectivity index (χ1) is 16.6. The van der Waals surface area contributed by atoms with E-state index in [4.69, 9.17) is 27.9 Å². The molecule has 5 rings (SSSR count). The highest BCUT2D eigenvalue weighted by Gasteiger charge is 2.16. The van der Waals surface area contributed by atoms with Gasteiger partial charge in [-0.2, -0.15) is 10.2 Å². The first-order valence-electron chi connectivity index (χ1n) is 10.2. The molecule has 4 heterocycles. The Balaban J connectivity index is 1.30. The molecule has 34 heavy (non-hydrogen) atoms. The number of hydrogen-bond donors (Lipinski definition) is 2. The van der Waals surface area contributed by atoms with Crippen molar-refractivity contribution in [3.05, 3.63) is 94.4 Å². The van der Waals surface area contributed by atoms with Gasteiger partial charge in [0, 0.05) is 41.9 Å². The van der Waals surface area contributed by atoms with Gasteiger partial charge < -0.3 is 10.1 Å². The van der Waals surface area contributed by atoms with Gasteiger partial charge in [-0.3, -0.25) is 24.5 Å². The number of fused-ring (bicyclic) bond motifs is 1. The second-order valence-corrected chi connectivity index (χ2v) is 8.21. The van der Waals surface area contributed by atoms with Gasteiger partial charge in [0.1, 0.15) is 12.4 Å². The Morgan fingerprint density at radius 1 is 1.09 bits per heavy atom. The molecule has 0 radical (unpaired) electrons. The molecule has 170 valence electrons. The first kappa shape index (κ1) is 21.9. The molecule has 11 heteroatoms. The lowest BCUT2D eigenvalue weighted by molar-refractivity contribution is 0.102. The number of hydrogen-bond acceptors (Lipinski definition) is 6. The van der Waals surface area contributed by atoms with Gasteiger partial charge in [-0.1, -0.05) is 29.3 Å². The number of benzene rings is 1. The van der Waals surface area contributed by atoms with E-state index in [0.29, 0.717) is 44.5 Å². The van der Waals surface area contributed by atoms with Crippen LogP contribution in [-0.4, -0.2) is 35.9 Å². The Morgan fingerprint density at radius 2 is 1.94 bits per heavy atom. The van der Waals surface area contributed by atoms with Crippen molar-refractivity contribution in [1.29, 1.82) is 0 Å². The molecule has 9 nitrogen and oxygen atoms in total. The van der Waals surface area contributed by atoms with Crippen LogP contribution in [-0.2, 0) is 13.2 Å². The third-order valence-electron chi connectivity index (χ3n) is 5.04.